The molecule has 0 aliphatic heterocycles. The van der Waals surface area contributed by atoms with Crippen molar-refractivity contribution in [3.63, 3.8) is 0 Å². The van der Waals surface area contributed by atoms with Gasteiger partial charge < -0.3 is 0 Å². The number of hydrogen-bond acceptors (Lipinski definition) is 1. The summed E-state index contributed by atoms with van der Waals surface area (Å²) in [6.07, 6.45) is -5.18. The lowest BCUT2D eigenvalue weighted by Crippen LogP contribution is -2.24. The molecule has 0 unspecified atom stereocenters. The Morgan fingerprint density at radius 2 is 1.73 bits per heavy atom. The molecule has 0 fully saturated rings. The van der Waals surface area contributed by atoms with Crippen LogP contribution >= 0.6 is 15.9 Å². The first-order chi connectivity index (χ1) is 6.75. The van der Waals surface area contributed by atoms with Crippen molar-refractivity contribution >= 4 is 21.7 Å². The van der Waals surface area contributed by atoms with Crippen molar-refractivity contribution in [1.29, 1.82) is 0 Å². The predicted octanol–water partition coefficient (Wildman–Crippen LogP) is 3.47. The lowest BCUT2D eigenvalue weighted by molar-refractivity contribution is -0.0887. The van der Waals surface area contributed by atoms with Crippen LogP contribution in [0.3, 0.4) is 0 Å². The van der Waals surface area contributed by atoms with Crippen LogP contribution < -0.4 is 0 Å². The Hall–Kier alpha value is -0.980. The number of Topliss-reactive ketones (excluding diaryl/α,β-unsaturated/α-hetero) is 1. The van der Waals surface area contributed by atoms with E-state index < -0.39 is 33.6 Å². The number of hydrogen-bond donors (Lipinski definition) is 0. The fraction of sp³-hybridized carbons (Fsp3) is 0.125. The highest BCUT2D eigenvalue weighted by molar-refractivity contribution is 9.10. The zero-order valence-corrected chi connectivity index (χ0v) is 8.42. The fourth-order valence-corrected chi connectivity index (χ4v) is 1.20. The molecule has 0 bridgehead atoms. The lowest BCUT2D eigenvalue weighted by Gasteiger charge is -2.07. The second-order valence-corrected chi connectivity index (χ2v) is 3.34. The maximum atomic E-state index is 13.0. The zero-order valence-electron chi connectivity index (χ0n) is 6.83. The summed E-state index contributed by atoms with van der Waals surface area (Å²) in [6, 6.07) is 1.03. The van der Waals surface area contributed by atoms with Gasteiger partial charge in [-0.3, -0.25) is 4.79 Å². The average Bonchev–Trinajstić information content (AvgIpc) is 2.12. The van der Waals surface area contributed by atoms with Crippen molar-refractivity contribution in [3.8, 4) is 0 Å². The van der Waals surface area contributed by atoms with Gasteiger partial charge in [-0.2, -0.15) is 13.2 Å². The smallest absolute Gasteiger partial charge is 0.284 e. The van der Waals surface area contributed by atoms with Crippen LogP contribution in [0, 0.1) is 11.6 Å². The Morgan fingerprint density at radius 1 is 1.20 bits per heavy atom. The summed E-state index contributed by atoms with van der Waals surface area (Å²) in [5.41, 5.74) is -1.21. The maximum absolute atomic E-state index is 13.0. The average molecular weight is 289 g/mol. The standard InChI is InChI=1S/C8H2BrF5O/c9-5-4(10)2-1-3(6(5)11)7(15)8(12,13)14/h1-2H. The number of halogens is 6. The molecule has 1 aromatic carbocycles. The Morgan fingerprint density at radius 3 is 2.20 bits per heavy atom. The van der Waals surface area contributed by atoms with Crippen molar-refractivity contribution in [2.75, 3.05) is 0 Å². The second-order valence-electron chi connectivity index (χ2n) is 2.55. The molecule has 7 heteroatoms. The van der Waals surface area contributed by atoms with Gasteiger partial charge in [-0.05, 0) is 28.1 Å². The van der Waals surface area contributed by atoms with Crippen LogP contribution in [0.2, 0.25) is 0 Å². The molecule has 0 saturated carbocycles. The van der Waals surface area contributed by atoms with Crippen molar-refractivity contribution < 1.29 is 26.7 Å². The molecule has 0 aliphatic carbocycles. The molecule has 1 aromatic rings. The van der Waals surface area contributed by atoms with Gasteiger partial charge in [0.1, 0.15) is 5.82 Å². The van der Waals surface area contributed by atoms with Crippen LogP contribution in [0.5, 0.6) is 0 Å². The monoisotopic (exact) mass is 288 g/mol. The number of rotatable bonds is 1. The van der Waals surface area contributed by atoms with Gasteiger partial charge in [0.2, 0.25) is 0 Å². The molecule has 0 N–H and O–H groups in total. The van der Waals surface area contributed by atoms with Crippen molar-refractivity contribution in [2.24, 2.45) is 0 Å². The normalized spacial score (nSPS) is 11.6. The van der Waals surface area contributed by atoms with Crippen LogP contribution in [-0.4, -0.2) is 12.0 Å². The van der Waals surface area contributed by atoms with E-state index in [4.69, 9.17) is 0 Å². The molecule has 0 aliphatic rings. The molecule has 1 nitrogen and oxygen atoms in total. The number of benzene rings is 1. The van der Waals surface area contributed by atoms with Gasteiger partial charge in [0.25, 0.3) is 5.78 Å². The first-order valence-corrected chi connectivity index (χ1v) is 4.29. The predicted molar refractivity (Wildman–Crippen MR) is 44.4 cm³/mol. The number of alkyl halides is 3. The van der Waals surface area contributed by atoms with Gasteiger partial charge in [0.05, 0.1) is 10.0 Å². The Labute approximate surface area is 89.0 Å². The number of carbonyl (C=O) groups is 1. The van der Waals surface area contributed by atoms with Crippen LogP contribution in [0.15, 0.2) is 16.6 Å². The minimum absolute atomic E-state index is 0.450. The SMILES string of the molecule is O=C(c1ccc(F)c(Br)c1F)C(F)(F)F. The largest absolute Gasteiger partial charge is 0.454 e. The summed E-state index contributed by atoms with van der Waals surface area (Å²) in [4.78, 5) is 10.6. The van der Waals surface area contributed by atoms with Crippen molar-refractivity contribution in [3.05, 3.63) is 33.8 Å². The third-order valence-corrected chi connectivity index (χ3v) is 2.26. The van der Waals surface area contributed by atoms with Crippen LogP contribution in [0.1, 0.15) is 10.4 Å². The molecule has 82 valence electrons. The van der Waals surface area contributed by atoms with Crippen LogP contribution in [0.25, 0.3) is 0 Å². The third kappa shape index (κ3) is 2.34. The topological polar surface area (TPSA) is 17.1 Å². The molecule has 1 rings (SSSR count). The van der Waals surface area contributed by atoms with E-state index in [1.807, 2.05) is 0 Å². The van der Waals surface area contributed by atoms with E-state index in [0.717, 1.165) is 0 Å². The fourth-order valence-electron chi connectivity index (χ4n) is 0.854. The first-order valence-electron chi connectivity index (χ1n) is 3.50. The molecule has 0 saturated heterocycles. The van der Waals surface area contributed by atoms with Gasteiger partial charge in [-0.1, -0.05) is 0 Å². The van der Waals surface area contributed by atoms with E-state index in [2.05, 4.69) is 15.9 Å². The van der Waals surface area contributed by atoms with Crippen LogP contribution in [0.4, 0.5) is 22.0 Å². The highest BCUT2D eigenvalue weighted by Crippen LogP contribution is 2.28. The van der Waals surface area contributed by atoms with Crippen molar-refractivity contribution in [1.82, 2.24) is 0 Å². The molecule has 0 spiro atoms. The van der Waals surface area contributed by atoms with E-state index in [-0.39, 0.29) is 0 Å². The summed E-state index contributed by atoms with van der Waals surface area (Å²) in [5.74, 6) is -4.98. The molecule has 0 radical (unpaired) electrons. The van der Waals surface area contributed by atoms with E-state index in [0.29, 0.717) is 12.1 Å². The van der Waals surface area contributed by atoms with E-state index in [9.17, 15) is 26.7 Å². The molecule has 0 aromatic heterocycles. The van der Waals surface area contributed by atoms with Crippen molar-refractivity contribution in [2.45, 2.75) is 6.18 Å². The molecule has 15 heavy (non-hydrogen) atoms. The molecular formula is C8H2BrF5O. The highest BCUT2D eigenvalue weighted by atomic mass is 79.9. The summed E-state index contributed by atoms with van der Waals surface area (Å²) in [5, 5.41) is 0. The lowest BCUT2D eigenvalue weighted by atomic mass is 10.1. The second kappa shape index (κ2) is 3.88. The molecule has 0 amide bonds. The Kier molecular flexibility index (Phi) is 3.13. The molecule has 0 atom stereocenters. The van der Waals surface area contributed by atoms with Gasteiger partial charge in [0.15, 0.2) is 5.82 Å². The minimum Gasteiger partial charge on any atom is -0.284 e. The summed E-state index contributed by atoms with van der Waals surface area (Å²) in [7, 11) is 0. The molecular weight excluding hydrogens is 287 g/mol. The summed E-state index contributed by atoms with van der Waals surface area (Å²) in [6.45, 7) is 0. The first kappa shape index (κ1) is 12.1. The third-order valence-electron chi connectivity index (χ3n) is 1.54. The highest BCUT2D eigenvalue weighted by Gasteiger charge is 2.41. The quantitative estimate of drug-likeness (QED) is 0.439. The molecule has 0 heterocycles. The zero-order chi connectivity index (χ0) is 11.8. The van der Waals surface area contributed by atoms with Gasteiger partial charge in [0, 0.05) is 0 Å². The van der Waals surface area contributed by atoms with Crippen LogP contribution in [-0.2, 0) is 0 Å². The number of ketones is 1. The Bertz CT molecular complexity index is 412. The van der Waals surface area contributed by atoms with E-state index in [1.54, 1.807) is 0 Å². The van der Waals surface area contributed by atoms with Gasteiger partial charge in [-0.25, -0.2) is 8.78 Å². The van der Waals surface area contributed by atoms with E-state index in [1.165, 1.54) is 0 Å². The van der Waals surface area contributed by atoms with Gasteiger partial charge >= 0.3 is 6.18 Å². The Balaban J connectivity index is 3.29. The summed E-state index contributed by atoms with van der Waals surface area (Å²) < 4.78 is 60.6. The summed E-state index contributed by atoms with van der Waals surface area (Å²) >= 11 is 2.40. The maximum Gasteiger partial charge on any atom is 0.454 e. The van der Waals surface area contributed by atoms with Gasteiger partial charge in [-0.15, -0.1) is 0 Å². The van der Waals surface area contributed by atoms with E-state index >= 15 is 0 Å². The minimum atomic E-state index is -5.18. The number of carbonyl (C=O) groups excluding carboxylic acids is 1.